The van der Waals surface area contributed by atoms with Crippen molar-refractivity contribution in [1.29, 1.82) is 0 Å². The average molecular weight is 517 g/mol. The molecule has 0 spiro atoms. The standard InChI is InChI=1S/C28H28N4O4S/c1-19-7-3-5-9-23(19)30-25(33)18-37-28-31-24-10-6-4-8-22(24)27(35)32(28)17-20-11-13-21(14-12-20)26(34)29-15-16-36-2/h3-14H,15-18H2,1-2H3,(H,29,34)(H,30,33). The molecule has 0 saturated carbocycles. The number of fused-ring (bicyclic) bond motifs is 1. The molecule has 0 aliphatic rings. The summed E-state index contributed by atoms with van der Waals surface area (Å²) in [5.74, 6) is -0.277. The number of carbonyl (C=O) groups is 2. The Balaban J connectivity index is 1.55. The van der Waals surface area contributed by atoms with Gasteiger partial charge in [-0.1, -0.05) is 54.2 Å². The summed E-state index contributed by atoms with van der Waals surface area (Å²) in [4.78, 5) is 43.0. The molecule has 8 nitrogen and oxygen atoms in total. The second-order valence-corrected chi connectivity index (χ2v) is 9.34. The van der Waals surface area contributed by atoms with E-state index in [-0.39, 0.29) is 29.7 Å². The van der Waals surface area contributed by atoms with Gasteiger partial charge in [-0.25, -0.2) is 4.98 Å². The zero-order valence-electron chi connectivity index (χ0n) is 20.7. The molecule has 0 aliphatic carbocycles. The summed E-state index contributed by atoms with van der Waals surface area (Å²) >= 11 is 1.21. The Morgan fingerprint density at radius 2 is 1.73 bits per heavy atom. The molecule has 0 radical (unpaired) electrons. The number of amides is 2. The zero-order chi connectivity index (χ0) is 26.2. The fourth-order valence-corrected chi connectivity index (χ4v) is 4.54. The van der Waals surface area contributed by atoms with Crippen molar-refractivity contribution in [2.45, 2.75) is 18.6 Å². The van der Waals surface area contributed by atoms with E-state index in [4.69, 9.17) is 4.74 Å². The van der Waals surface area contributed by atoms with Crippen LogP contribution in [-0.2, 0) is 16.1 Å². The minimum atomic E-state index is -0.191. The summed E-state index contributed by atoms with van der Waals surface area (Å²) in [6.45, 7) is 3.04. The maximum atomic E-state index is 13.4. The summed E-state index contributed by atoms with van der Waals surface area (Å²) < 4.78 is 6.53. The van der Waals surface area contributed by atoms with Crippen LogP contribution in [0.25, 0.3) is 10.9 Å². The van der Waals surface area contributed by atoms with Crippen LogP contribution in [0.1, 0.15) is 21.5 Å². The number of hydrogen-bond acceptors (Lipinski definition) is 6. The number of methoxy groups -OCH3 is 1. The van der Waals surface area contributed by atoms with Crippen molar-refractivity contribution in [3.63, 3.8) is 0 Å². The molecule has 9 heteroatoms. The van der Waals surface area contributed by atoms with E-state index in [9.17, 15) is 14.4 Å². The highest BCUT2D eigenvalue weighted by Crippen LogP contribution is 2.20. The van der Waals surface area contributed by atoms with E-state index in [1.165, 1.54) is 11.8 Å². The highest BCUT2D eigenvalue weighted by Gasteiger charge is 2.15. The molecule has 2 N–H and O–H groups in total. The Morgan fingerprint density at radius 1 is 1.00 bits per heavy atom. The molecule has 1 heterocycles. The SMILES string of the molecule is COCCNC(=O)c1ccc(Cn2c(SCC(=O)Nc3ccccc3C)nc3ccccc3c2=O)cc1. The van der Waals surface area contributed by atoms with E-state index in [0.29, 0.717) is 34.8 Å². The molecule has 190 valence electrons. The van der Waals surface area contributed by atoms with Crippen molar-refractivity contribution in [2.75, 3.05) is 31.3 Å². The maximum absolute atomic E-state index is 13.4. The third kappa shape index (κ3) is 6.63. The molecule has 0 fully saturated rings. The predicted molar refractivity (Wildman–Crippen MR) is 146 cm³/mol. The monoisotopic (exact) mass is 516 g/mol. The number of benzene rings is 3. The quantitative estimate of drug-likeness (QED) is 0.189. The molecule has 2 amide bonds. The van der Waals surface area contributed by atoms with E-state index in [1.54, 1.807) is 42.0 Å². The molecule has 4 aromatic rings. The van der Waals surface area contributed by atoms with E-state index in [0.717, 1.165) is 16.8 Å². The van der Waals surface area contributed by atoms with E-state index in [1.807, 2.05) is 49.4 Å². The number of nitrogens with zero attached hydrogens (tertiary/aromatic N) is 2. The van der Waals surface area contributed by atoms with Crippen LogP contribution in [-0.4, -0.2) is 47.4 Å². The van der Waals surface area contributed by atoms with Gasteiger partial charge in [0.15, 0.2) is 5.16 Å². The van der Waals surface area contributed by atoms with Crippen molar-refractivity contribution >= 4 is 40.2 Å². The Kier molecular flexibility index (Phi) is 8.71. The van der Waals surface area contributed by atoms with E-state index in [2.05, 4.69) is 15.6 Å². The number of aryl methyl sites for hydroxylation is 1. The summed E-state index contributed by atoms with van der Waals surface area (Å²) in [5.41, 5.74) is 3.47. The average Bonchev–Trinajstić information content (AvgIpc) is 2.91. The number of rotatable bonds is 10. The lowest BCUT2D eigenvalue weighted by Gasteiger charge is -2.14. The van der Waals surface area contributed by atoms with Crippen LogP contribution >= 0.6 is 11.8 Å². The smallest absolute Gasteiger partial charge is 0.262 e. The fourth-order valence-electron chi connectivity index (χ4n) is 3.74. The first kappa shape index (κ1) is 26.1. The fraction of sp³-hybridized carbons (Fsp3) is 0.214. The van der Waals surface area contributed by atoms with Crippen molar-refractivity contribution in [3.8, 4) is 0 Å². The minimum Gasteiger partial charge on any atom is -0.383 e. The van der Waals surface area contributed by atoms with Gasteiger partial charge < -0.3 is 15.4 Å². The van der Waals surface area contributed by atoms with Crippen molar-refractivity contribution < 1.29 is 14.3 Å². The van der Waals surface area contributed by atoms with Crippen LogP contribution in [0.5, 0.6) is 0 Å². The molecule has 0 saturated heterocycles. The number of anilines is 1. The number of hydrogen-bond donors (Lipinski definition) is 2. The van der Waals surface area contributed by atoms with Crippen molar-refractivity contribution in [2.24, 2.45) is 0 Å². The van der Waals surface area contributed by atoms with Crippen LogP contribution in [0, 0.1) is 6.92 Å². The normalized spacial score (nSPS) is 10.9. The number of aromatic nitrogens is 2. The predicted octanol–water partition coefficient (Wildman–Crippen LogP) is 3.86. The largest absolute Gasteiger partial charge is 0.383 e. The zero-order valence-corrected chi connectivity index (χ0v) is 21.5. The van der Waals surface area contributed by atoms with Crippen LogP contribution in [0.3, 0.4) is 0 Å². The van der Waals surface area contributed by atoms with E-state index < -0.39 is 0 Å². The summed E-state index contributed by atoms with van der Waals surface area (Å²) in [6.07, 6.45) is 0. The number of ether oxygens (including phenoxy) is 1. The molecule has 37 heavy (non-hydrogen) atoms. The summed E-state index contributed by atoms with van der Waals surface area (Å²) in [5, 5.41) is 6.65. The molecule has 3 aromatic carbocycles. The number of carbonyl (C=O) groups excluding carboxylic acids is 2. The van der Waals surface area contributed by atoms with Crippen molar-refractivity contribution in [1.82, 2.24) is 14.9 Å². The highest BCUT2D eigenvalue weighted by molar-refractivity contribution is 7.99. The first-order chi connectivity index (χ1) is 18.0. The van der Waals surface area contributed by atoms with Crippen LogP contribution in [0.2, 0.25) is 0 Å². The second-order valence-electron chi connectivity index (χ2n) is 8.40. The van der Waals surface area contributed by atoms with Gasteiger partial charge in [-0.3, -0.25) is 19.0 Å². The number of thioether (sulfide) groups is 1. The summed E-state index contributed by atoms with van der Waals surface area (Å²) in [7, 11) is 1.58. The molecular formula is C28H28N4O4S. The minimum absolute atomic E-state index is 0.0969. The van der Waals surface area contributed by atoms with Gasteiger partial charge in [0.05, 0.1) is 29.8 Å². The molecule has 0 bridgehead atoms. The van der Waals surface area contributed by atoms with Gasteiger partial charge >= 0.3 is 0 Å². The van der Waals surface area contributed by atoms with Crippen molar-refractivity contribution in [3.05, 3.63) is 99.8 Å². The molecule has 0 atom stereocenters. The topological polar surface area (TPSA) is 102 Å². The van der Waals surface area contributed by atoms with E-state index >= 15 is 0 Å². The number of para-hydroxylation sites is 2. The Morgan fingerprint density at radius 3 is 2.49 bits per heavy atom. The lowest BCUT2D eigenvalue weighted by Crippen LogP contribution is -2.27. The van der Waals surface area contributed by atoms with Crippen LogP contribution in [0.15, 0.2) is 82.7 Å². The van der Waals surface area contributed by atoms with Gasteiger partial charge in [-0.15, -0.1) is 0 Å². The third-order valence-corrected chi connectivity index (χ3v) is 6.70. The molecular weight excluding hydrogens is 488 g/mol. The second kappa shape index (κ2) is 12.3. The molecule has 1 aromatic heterocycles. The third-order valence-electron chi connectivity index (χ3n) is 5.73. The van der Waals surface area contributed by atoms with Crippen LogP contribution in [0.4, 0.5) is 5.69 Å². The highest BCUT2D eigenvalue weighted by atomic mass is 32.2. The van der Waals surface area contributed by atoms with Gasteiger partial charge in [0.1, 0.15) is 0 Å². The van der Waals surface area contributed by atoms with Gasteiger partial charge in [0.25, 0.3) is 11.5 Å². The van der Waals surface area contributed by atoms with Gasteiger partial charge in [0.2, 0.25) is 5.91 Å². The Hall–Kier alpha value is -3.95. The Labute approximate surface area is 219 Å². The molecule has 0 aliphatic heterocycles. The molecule has 0 unspecified atom stereocenters. The van der Waals surface area contributed by atoms with Gasteiger partial charge in [0, 0.05) is 24.9 Å². The summed E-state index contributed by atoms with van der Waals surface area (Å²) in [6, 6.07) is 21.8. The Bertz CT molecular complexity index is 1470. The first-order valence-electron chi connectivity index (χ1n) is 11.8. The lowest BCUT2D eigenvalue weighted by molar-refractivity contribution is -0.113. The first-order valence-corrected chi connectivity index (χ1v) is 12.8. The van der Waals surface area contributed by atoms with Crippen LogP contribution < -0.4 is 16.2 Å². The lowest BCUT2D eigenvalue weighted by atomic mass is 10.1. The number of nitrogens with one attached hydrogen (secondary N) is 2. The molecule has 4 rings (SSSR count). The van der Waals surface area contributed by atoms with Gasteiger partial charge in [-0.05, 0) is 48.4 Å². The maximum Gasteiger partial charge on any atom is 0.262 e. The van der Waals surface area contributed by atoms with Gasteiger partial charge in [-0.2, -0.15) is 0 Å².